The van der Waals surface area contributed by atoms with Gasteiger partial charge in [0.2, 0.25) is 5.91 Å². The Hall–Kier alpha value is -3.02. The number of halogens is 1. The van der Waals surface area contributed by atoms with Gasteiger partial charge < -0.3 is 4.90 Å². The van der Waals surface area contributed by atoms with E-state index in [1.165, 1.54) is 12.1 Å². The Kier molecular flexibility index (Phi) is 4.71. The fraction of sp³-hybridized carbons (Fsp3) is 0.286. The maximum atomic E-state index is 13.4. The summed E-state index contributed by atoms with van der Waals surface area (Å²) in [5.74, 6) is 0.0142. The van der Waals surface area contributed by atoms with Crippen molar-refractivity contribution in [2.75, 3.05) is 13.1 Å². The van der Waals surface area contributed by atoms with Gasteiger partial charge in [-0.1, -0.05) is 0 Å². The second kappa shape index (κ2) is 7.31. The SMILES string of the molecule is CC(=O)N1CCCC(c2[nH]nc(-c3ccc(F)cc3)c2-c2ccncc2)C1. The predicted molar refractivity (Wildman–Crippen MR) is 101 cm³/mol. The molecule has 1 aliphatic rings. The molecule has 1 fully saturated rings. The number of carbonyl (C=O) groups is 1. The Morgan fingerprint density at radius 2 is 1.89 bits per heavy atom. The maximum absolute atomic E-state index is 13.4. The number of piperidine rings is 1. The van der Waals surface area contributed by atoms with Gasteiger partial charge in [0.25, 0.3) is 0 Å². The largest absolute Gasteiger partial charge is 0.342 e. The van der Waals surface area contributed by atoms with E-state index in [-0.39, 0.29) is 17.6 Å². The number of aromatic amines is 1. The highest BCUT2D eigenvalue weighted by Gasteiger charge is 2.28. The van der Waals surface area contributed by atoms with Crippen LogP contribution >= 0.6 is 0 Å². The lowest BCUT2D eigenvalue weighted by atomic mass is 9.88. The van der Waals surface area contributed by atoms with Crippen molar-refractivity contribution in [1.82, 2.24) is 20.1 Å². The standard InChI is InChI=1S/C21H21FN4O/c1-14(27)26-12-2-3-17(13-26)21-19(15-8-10-23-11-9-15)20(24-25-21)16-4-6-18(22)7-5-16/h4-11,17H,2-3,12-13H2,1H3,(H,24,25). The number of nitrogens with zero attached hydrogens (tertiary/aromatic N) is 3. The molecule has 27 heavy (non-hydrogen) atoms. The first-order valence-corrected chi connectivity index (χ1v) is 9.13. The second-order valence-electron chi connectivity index (χ2n) is 6.91. The van der Waals surface area contributed by atoms with Gasteiger partial charge in [-0.3, -0.25) is 14.9 Å². The van der Waals surface area contributed by atoms with Crippen LogP contribution in [0.2, 0.25) is 0 Å². The highest BCUT2D eigenvalue weighted by Crippen LogP contribution is 2.39. The van der Waals surface area contributed by atoms with Gasteiger partial charge in [0, 0.05) is 55.1 Å². The van der Waals surface area contributed by atoms with Crippen molar-refractivity contribution < 1.29 is 9.18 Å². The summed E-state index contributed by atoms with van der Waals surface area (Å²) in [6, 6.07) is 10.3. The van der Waals surface area contributed by atoms with Crippen molar-refractivity contribution in [3.8, 4) is 22.4 Å². The van der Waals surface area contributed by atoms with Gasteiger partial charge in [-0.15, -0.1) is 0 Å². The third-order valence-corrected chi connectivity index (χ3v) is 5.16. The van der Waals surface area contributed by atoms with Crippen LogP contribution in [-0.2, 0) is 4.79 Å². The Morgan fingerprint density at radius 3 is 2.59 bits per heavy atom. The number of nitrogens with one attached hydrogen (secondary N) is 1. The molecule has 3 heterocycles. The quantitative estimate of drug-likeness (QED) is 0.764. The molecule has 1 N–H and O–H groups in total. The molecule has 1 unspecified atom stereocenters. The average Bonchev–Trinajstić information content (AvgIpc) is 3.14. The van der Waals surface area contributed by atoms with Gasteiger partial charge in [-0.05, 0) is 54.8 Å². The molecule has 1 amide bonds. The van der Waals surface area contributed by atoms with E-state index in [2.05, 4.69) is 15.2 Å². The molecule has 4 rings (SSSR count). The number of carbonyl (C=O) groups excluding carboxylic acids is 1. The average molecular weight is 364 g/mol. The van der Waals surface area contributed by atoms with Crippen LogP contribution in [0.5, 0.6) is 0 Å². The normalized spacial score (nSPS) is 17.1. The number of rotatable bonds is 3. The fourth-order valence-corrected chi connectivity index (χ4v) is 3.78. The van der Waals surface area contributed by atoms with E-state index in [9.17, 15) is 9.18 Å². The molecular formula is C21H21FN4O. The summed E-state index contributed by atoms with van der Waals surface area (Å²) >= 11 is 0. The van der Waals surface area contributed by atoms with Gasteiger partial charge >= 0.3 is 0 Å². The van der Waals surface area contributed by atoms with E-state index in [4.69, 9.17) is 0 Å². The molecule has 0 saturated carbocycles. The van der Waals surface area contributed by atoms with Crippen LogP contribution in [0, 0.1) is 5.82 Å². The summed E-state index contributed by atoms with van der Waals surface area (Å²) in [4.78, 5) is 17.9. The molecule has 0 aliphatic carbocycles. The van der Waals surface area contributed by atoms with Crippen molar-refractivity contribution in [2.24, 2.45) is 0 Å². The zero-order valence-corrected chi connectivity index (χ0v) is 15.2. The Balaban J connectivity index is 1.80. The van der Waals surface area contributed by atoms with Crippen LogP contribution in [0.25, 0.3) is 22.4 Å². The summed E-state index contributed by atoms with van der Waals surface area (Å²) in [7, 11) is 0. The molecule has 2 aromatic heterocycles. The van der Waals surface area contributed by atoms with Crippen LogP contribution in [0.3, 0.4) is 0 Å². The van der Waals surface area contributed by atoms with E-state index in [0.29, 0.717) is 6.54 Å². The number of hydrogen-bond acceptors (Lipinski definition) is 3. The Bertz CT molecular complexity index is 937. The summed E-state index contributed by atoms with van der Waals surface area (Å²) in [5.41, 5.74) is 4.67. The summed E-state index contributed by atoms with van der Waals surface area (Å²) in [6.45, 7) is 3.09. The van der Waals surface area contributed by atoms with E-state index in [0.717, 1.165) is 47.5 Å². The van der Waals surface area contributed by atoms with Crippen molar-refractivity contribution >= 4 is 5.91 Å². The van der Waals surface area contributed by atoms with Crippen molar-refractivity contribution in [3.63, 3.8) is 0 Å². The molecule has 1 saturated heterocycles. The lowest BCUT2D eigenvalue weighted by Crippen LogP contribution is -2.37. The number of pyridine rings is 1. The number of H-pyrrole nitrogens is 1. The highest BCUT2D eigenvalue weighted by atomic mass is 19.1. The summed E-state index contributed by atoms with van der Waals surface area (Å²) in [6.07, 6.45) is 5.46. The number of benzene rings is 1. The van der Waals surface area contributed by atoms with Crippen LogP contribution < -0.4 is 0 Å². The molecule has 0 radical (unpaired) electrons. The maximum Gasteiger partial charge on any atom is 0.219 e. The molecule has 0 spiro atoms. The smallest absolute Gasteiger partial charge is 0.219 e. The van der Waals surface area contributed by atoms with Gasteiger partial charge in [-0.2, -0.15) is 5.10 Å². The zero-order valence-electron chi connectivity index (χ0n) is 15.2. The first-order chi connectivity index (χ1) is 13.1. The van der Waals surface area contributed by atoms with Crippen molar-refractivity contribution in [3.05, 3.63) is 60.3 Å². The third kappa shape index (κ3) is 3.47. The molecule has 5 nitrogen and oxygen atoms in total. The summed E-state index contributed by atoms with van der Waals surface area (Å²) < 4.78 is 13.4. The van der Waals surface area contributed by atoms with Gasteiger partial charge in [0.1, 0.15) is 11.5 Å². The minimum Gasteiger partial charge on any atom is -0.342 e. The van der Waals surface area contributed by atoms with E-state index in [1.54, 1.807) is 31.5 Å². The molecule has 1 atom stereocenters. The Morgan fingerprint density at radius 1 is 1.15 bits per heavy atom. The zero-order chi connectivity index (χ0) is 18.8. The first kappa shape index (κ1) is 17.4. The van der Waals surface area contributed by atoms with Gasteiger partial charge in [0.05, 0.1) is 0 Å². The van der Waals surface area contributed by atoms with E-state index >= 15 is 0 Å². The fourth-order valence-electron chi connectivity index (χ4n) is 3.78. The van der Waals surface area contributed by atoms with Crippen LogP contribution in [0.4, 0.5) is 4.39 Å². The Labute approximate surface area is 157 Å². The minimum absolute atomic E-state index is 0.100. The number of hydrogen-bond donors (Lipinski definition) is 1. The topological polar surface area (TPSA) is 61.9 Å². The van der Waals surface area contributed by atoms with Crippen LogP contribution in [0.15, 0.2) is 48.8 Å². The number of amides is 1. The third-order valence-electron chi connectivity index (χ3n) is 5.16. The number of aromatic nitrogens is 3. The number of likely N-dealkylation sites (tertiary alicyclic amines) is 1. The minimum atomic E-state index is -0.274. The lowest BCUT2D eigenvalue weighted by Gasteiger charge is -2.32. The molecular weight excluding hydrogens is 343 g/mol. The molecule has 3 aromatic rings. The summed E-state index contributed by atoms with van der Waals surface area (Å²) in [5, 5.41) is 7.78. The first-order valence-electron chi connectivity index (χ1n) is 9.13. The van der Waals surface area contributed by atoms with E-state index in [1.807, 2.05) is 17.0 Å². The second-order valence-corrected chi connectivity index (χ2v) is 6.91. The molecule has 1 aliphatic heterocycles. The van der Waals surface area contributed by atoms with Gasteiger partial charge in [-0.25, -0.2) is 4.39 Å². The molecule has 138 valence electrons. The van der Waals surface area contributed by atoms with Crippen LogP contribution in [0.1, 0.15) is 31.4 Å². The van der Waals surface area contributed by atoms with E-state index < -0.39 is 0 Å². The van der Waals surface area contributed by atoms with Crippen LogP contribution in [-0.4, -0.2) is 39.1 Å². The van der Waals surface area contributed by atoms with Crippen molar-refractivity contribution in [2.45, 2.75) is 25.7 Å². The van der Waals surface area contributed by atoms with Gasteiger partial charge in [0.15, 0.2) is 0 Å². The lowest BCUT2D eigenvalue weighted by molar-refractivity contribution is -0.130. The molecule has 1 aromatic carbocycles. The molecule has 6 heteroatoms. The van der Waals surface area contributed by atoms with Crippen molar-refractivity contribution in [1.29, 1.82) is 0 Å². The monoisotopic (exact) mass is 364 g/mol. The highest BCUT2D eigenvalue weighted by molar-refractivity contribution is 5.83. The predicted octanol–water partition coefficient (Wildman–Crippen LogP) is 4.00. The molecule has 0 bridgehead atoms.